The van der Waals surface area contributed by atoms with E-state index < -0.39 is 40.1 Å². The summed E-state index contributed by atoms with van der Waals surface area (Å²) in [7, 11) is -5.06. The summed E-state index contributed by atoms with van der Waals surface area (Å²) in [6.07, 6.45) is 4.62. The molecular formula is C30H47NaO8S. The van der Waals surface area contributed by atoms with Gasteiger partial charge in [0.2, 0.25) is 10.4 Å². The Balaban J connectivity index is 0.00000370. The summed E-state index contributed by atoms with van der Waals surface area (Å²) >= 11 is 0. The zero-order chi connectivity index (χ0) is 28.7. The third-order valence-electron chi connectivity index (χ3n) is 12.0. The van der Waals surface area contributed by atoms with E-state index in [1.54, 1.807) is 0 Å². The molecule has 0 aromatic heterocycles. The van der Waals surface area contributed by atoms with Crippen molar-refractivity contribution in [1.29, 1.82) is 0 Å². The fourth-order valence-electron chi connectivity index (χ4n) is 9.67. The van der Waals surface area contributed by atoms with Crippen LogP contribution in [-0.4, -0.2) is 54.6 Å². The smallest absolute Gasteiger partial charge is 0.726 e. The number of epoxide rings is 1. The van der Waals surface area contributed by atoms with Crippen molar-refractivity contribution in [3.63, 3.8) is 0 Å². The van der Waals surface area contributed by atoms with E-state index in [1.807, 2.05) is 0 Å². The predicted molar refractivity (Wildman–Crippen MR) is 144 cm³/mol. The van der Waals surface area contributed by atoms with Gasteiger partial charge in [0.15, 0.2) is 0 Å². The monoisotopic (exact) mass is 590 g/mol. The molecule has 1 saturated heterocycles. The molecule has 0 bridgehead atoms. The minimum Gasteiger partial charge on any atom is -0.726 e. The zero-order valence-corrected chi connectivity index (χ0v) is 28.3. The van der Waals surface area contributed by atoms with Gasteiger partial charge in [0, 0.05) is 6.92 Å². The van der Waals surface area contributed by atoms with E-state index >= 15 is 0 Å². The Labute approximate surface area is 262 Å². The maximum absolute atomic E-state index is 11.9. The third kappa shape index (κ3) is 5.64. The predicted octanol–water partition coefficient (Wildman–Crippen LogP) is 1.62. The van der Waals surface area contributed by atoms with E-state index in [1.165, 1.54) is 18.9 Å². The summed E-state index contributed by atoms with van der Waals surface area (Å²) in [5.41, 5.74) is 1.13. The van der Waals surface area contributed by atoms with Crippen LogP contribution in [0.25, 0.3) is 0 Å². The summed E-state index contributed by atoms with van der Waals surface area (Å²) in [6, 6.07) is 0. The van der Waals surface area contributed by atoms with Crippen LogP contribution in [0, 0.1) is 52.3 Å². The number of ether oxygens (including phenoxy) is 2. The summed E-state index contributed by atoms with van der Waals surface area (Å²) in [6.45, 7) is 15.1. The van der Waals surface area contributed by atoms with Gasteiger partial charge in [-0.05, 0) is 90.8 Å². The van der Waals surface area contributed by atoms with Crippen molar-refractivity contribution < 1.29 is 66.1 Å². The molecule has 1 N–H and O–H groups in total. The van der Waals surface area contributed by atoms with Gasteiger partial charge in [-0.1, -0.05) is 53.2 Å². The van der Waals surface area contributed by atoms with Crippen molar-refractivity contribution in [2.24, 2.45) is 52.3 Å². The van der Waals surface area contributed by atoms with Gasteiger partial charge in [0.1, 0.15) is 18.3 Å². The second-order valence-corrected chi connectivity index (χ2v) is 15.2. The van der Waals surface area contributed by atoms with Gasteiger partial charge in [-0.3, -0.25) is 8.98 Å². The molecule has 0 amide bonds. The molecule has 4 fully saturated rings. The normalized spacial score (nSPS) is 45.8. The van der Waals surface area contributed by atoms with Crippen molar-refractivity contribution in [2.75, 3.05) is 0 Å². The average Bonchev–Trinajstić information content (AvgIpc) is 3.54. The molecule has 0 spiro atoms. The van der Waals surface area contributed by atoms with Crippen LogP contribution in [0.4, 0.5) is 0 Å². The van der Waals surface area contributed by atoms with Gasteiger partial charge in [-0.25, -0.2) is 8.42 Å². The van der Waals surface area contributed by atoms with Crippen LogP contribution >= 0.6 is 0 Å². The van der Waals surface area contributed by atoms with Crippen LogP contribution in [0.1, 0.15) is 87.0 Å². The van der Waals surface area contributed by atoms with Crippen LogP contribution in [0.15, 0.2) is 11.6 Å². The molecule has 3 unspecified atom stereocenters. The molecule has 8 nitrogen and oxygen atoms in total. The van der Waals surface area contributed by atoms with E-state index in [0.717, 1.165) is 19.3 Å². The number of aliphatic hydroxyl groups excluding tert-OH is 1. The van der Waals surface area contributed by atoms with Crippen LogP contribution in [-0.2, 0) is 28.9 Å². The van der Waals surface area contributed by atoms with E-state index in [-0.39, 0.29) is 46.8 Å². The molecule has 5 rings (SSSR count). The quantitative estimate of drug-likeness (QED) is 0.118. The molecular weight excluding hydrogens is 543 g/mol. The summed E-state index contributed by atoms with van der Waals surface area (Å²) in [5, 5.41) is 11.0. The van der Waals surface area contributed by atoms with Gasteiger partial charge in [0.25, 0.3) is 0 Å². The van der Waals surface area contributed by atoms with Crippen LogP contribution in [0.3, 0.4) is 0 Å². The maximum atomic E-state index is 11.9. The standard InChI is InChI=1S/C30H48O8S.Na/c1-15(2)16(3)26-27(37-26)17(4)20-10-11-21-19-8-9-23-28(38-39(33,34)35)25(32)24(36-18(5)31)14-30(23,7)22(19)12-13-29(20,21)6;/h8,15-17,20-28,32H,9-14H2,1-7H3,(H,33,34,35);/q;+1/p-1/t16-,17-,20+,21?,22?,23?,24+,25-,26-,27-,28-,29+,30+;/m0./s1. The Bertz CT molecular complexity index is 1110. The molecule has 3 saturated carbocycles. The Morgan fingerprint density at radius 3 is 2.35 bits per heavy atom. The average molecular weight is 591 g/mol. The number of allylic oxidation sites excluding steroid dienone is 2. The van der Waals surface area contributed by atoms with Crippen molar-refractivity contribution in [3.8, 4) is 0 Å². The second-order valence-electron chi connectivity index (χ2n) is 14.2. The number of carbonyl (C=O) groups excluding carboxylic acids is 1. The van der Waals surface area contributed by atoms with Gasteiger partial charge < -0.3 is 19.1 Å². The third-order valence-corrected chi connectivity index (χ3v) is 12.5. The van der Waals surface area contributed by atoms with Crippen LogP contribution < -0.4 is 29.6 Å². The summed E-state index contributed by atoms with van der Waals surface area (Å²) < 4.78 is 51.7. The number of aliphatic hydroxyl groups is 1. The number of hydrogen-bond donors (Lipinski definition) is 1. The Morgan fingerprint density at radius 2 is 1.75 bits per heavy atom. The molecule has 13 atom stereocenters. The molecule has 1 heterocycles. The zero-order valence-electron chi connectivity index (χ0n) is 25.5. The molecule has 10 heteroatoms. The van der Waals surface area contributed by atoms with Gasteiger partial charge in [-0.15, -0.1) is 0 Å². The first-order chi connectivity index (χ1) is 18.1. The first kappa shape index (κ1) is 32.9. The molecule has 0 aromatic carbocycles. The summed E-state index contributed by atoms with van der Waals surface area (Å²) in [5.74, 6) is 1.90. The second kappa shape index (κ2) is 11.5. The SMILES string of the molecule is CC(=O)O[C@@H]1C[C@]2(C)C3CC[C@@]4(C)C(CC[C@@H]4[C@H](C)[C@@H]4O[C@H]4[C@@H](C)C(C)C)C3=CCC2[C@H](OS(=O)(=O)[O-])[C@H]1O.[Na+]. The topological polar surface area (TPSA) is 125 Å². The molecule has 222 valence electrons. The first-order valence-electron chi connectivity index (χ1n) is 14.9. The van der Waals surface area contributed by atoms with Crippen molar-refractivity contribution in [2.45, 2.75) is 118 Å². The molecule has 5 aliphatic rings. The number of rotatable bonds is 7. The number of hydrogen-bond acceptors (Lipinski definition) is 8. The van der Waals surface area contributed by atoms with E-state index in [2.05, 4.69) is 47.6 Å². The van der Waals surface area contributed by atoms with Crippen molar-refractivity contribution in [1.82, 2.24) is 0 Å². The molecule has 40 heavy (non-hydrogen) atoms. The van der Waals surface area contributed by atoms with Crippen molar-refractivity contribution in [3.05, 3.63) is 11.6 Å². The number of carbonyl (C=O) groups is 1. The summed E-state index contributed by atoms with van der Waals surface area (Å²) in [4.78, 5) is 11.9. The Morgan fingerprint density at radius 1 is 1.10 bits per heavy atom. The van der Waals surface area contributed by atoms with E-state index in [0.29, 0.717) is 54.6 Å². The van der Waals surface area contributed by atoms with Crippen molar-refractivity contribution >= 4 is 16.4 Å². The van der Waals surface area contributed by atoms with Gasteiger partial charge >= 0.3 is 35.5 Å². The van der Waals surface area contributed by atoms with Gasteiger partial charge in [-0.2, -0.15) is 0 Å². The largest absolute Gasteiger partial charge is 1.00 e. The minimum absolute atomic E-state index is 0. The van der Waals surface area contributed by atoms with E-state index in [4.69, 9.17) is 13.7 Å². The maximum Gasteiger partial charge on any atom is 1.00 e. The Kier molecular flexibility index (Phi) is 9.45. The molecule has 1 aliphatic heterocycles. The van der Waals surface area contributed by atoms with Crippen LogP contribution in [0.5, 0.6) is 0 Å². The van der Waals surface area contributed by atoms with E-state index in [9.17, 15) is 22.9 Å². The fraction of sp³-hybridized carbons (Fsp3) is 0.900. The fourth-order valence-corrected chi connectivity index (χ4v) is 10.2. The minimum atomic E-state index is -5.06. The number of esters is 1. The first-order valence-corrected chi connectivity index (χ1v) is 16.3. The van der Waals surface area contributed by atoms with Crippen LogP contribution in [0.2, 0.25) is 0 Å². The Hall–Kier alpha value is -0.000000000000000222. The molecule has 0 radical (unpaired) electrons. The molecule has 4 aliphatic carbocycles. The molecule has 0 aromatic rings. The number of fused-ring (bicyclic) bond motifs is 5. The van der Waals surface area contributed by atoms with Gasteiger partial charge in [0.05, 0.1) is 12.2 Å².